The van der Waals surface area contributed by atoms with Gasteiger partial charge in [0, 0.05) is 31.4 Å². The number of hydrogen-bond donors (Lipinski definition) is 4. The van der Waals surface area contributed by atoms with Gasteiger partial charge >= 0.3 is 13.4 Å². The van der Waals surface area contributed by atoms with Gasteiger partial charge in [0.1, 0.15) is 18.1 Å². The van der Waals surface area contributed by atoms with Crippen molar-refractivity contribution in [2.24, 2.45) is 0 Å². The van der Waals surface area contributed by atoms with Gasteiger partial charge in [-0.05, 0) is 21.0 Å². The van der Waals surface area contributed by atoms with E-state index in [0.717, 1.165) is 0 Å². The third-order valence-electron chi connectivity index (χ3n) is 6.82. The molecule has 0 amide bonds. The molecule has 5 heterocycles. The summed E-state index contributed by atoms with van der Waals surface area (Å²) in [5, 5.41) is 13.2. The van der Waals surface area contributed by atoms with Gasteiger partial charge in [0.05, 0.1) is 38.3 Å². The van der Waals surface area contributed by atoms with E-state index in [0.29, 0.717) is 29.8 Å². The second-order valence-corrected chi connectivity index (χ2v) is 12.4. The molecule has 0 spiro atoms. The molecular weight excluding hydrogens is 547 g/mol. The molecule has 218 valence electrons. The number of anilines is 1. The first-order valence-corrected chi connectivity index (χ1v) is 14.2. The maximum atomic E-state index is 14.3. The van der Waals surface area contributed by atoms with E-state index in [9.17, 15) is 19.3 Å². The van der Waals surface area contributed by atoms with Gasteiger partial charge < -0.3 is 30.2 Å². The van der Waals surface area contributed by atoms with Gasteiger partial charge in [-0.3, -0.25) is 23.5 Å². The number of H-pyrrole nitrogens is 1. The van der Waals surface area contributed by atoms with Crippen molar-refractivity contribution in [3.8, 4) is 0 Å². The lowest BCUT2D eigenvalue weighted by Crippen LogP contribution is -2.50. The van der Waals surface area contributed by atoms with Crippen molar-refractivity contribution in [3.05, 3.63) is 45.3 Å². The highest BCUT2D eigenvalue weighted by Crippen LogP contribution is 2.54. The Morgan fingerprint density at radius 3 is 2.67 bits per heavy atom. The Bertz CT molecular complexity index is 1520. The Labute approximate surface area is 228 Å². The normalized spacial score (nSPS) is 25.8. The van der Waals surface area contributed by atoms with Crippen LogP contribution < -0.4 is 22.3 Å². The van der Waals surface area contributed by atoms with E-state index >= 15 is 0 Å². The van der Waals surface area contributed by atoms with E-state index in [-0.39, 0.29) is 32.1 Å². The SMILES string of the molecule is Cc1cn(C2CN([P@@](=O)(OC[C@@H]3CNCC(n4cnc5c(N)ncnc54)O3)N(C)C)C[C@@H](CO)O2)c(=O)[nH]c1=O. The van der Waals surface area contributed by atoms with E-state index in [1.54, 1.807) is 36.6 Å². The minimum absolute atomic E-state index is 0.00585. The Kier molecular flexibility index (Phi) is 8.17. The first-order valence-electron chi connectivity index (χ1n) is 12.7. The van der Waals surface area contributed by atoms with Crippen LogP contribution in [-0.4, -0.2) is 109 Å². The lowest BCUT2D eigenvalue weighted by molar-refractivity contribution is -0.124. The van der Waals surface area contributed by atoms with Gasteiger partial charge in [-0.15, -0.1) is 0 Å². The van der Waals surface area contributed by atoms with Crippen LogP contribution in [-0.2, 0) is 18.6 Å². The lowest BCUT2D eigenvalue weighted by atomic mass is 10.3. The molecule has 18 heteroatoms. The Balaban J connectivity index is 1.33. The van der Waals surface area contributed by atoms with E-state index in [2.05, 4.69) is 25.3 Å². The van der Waals surface area contributed by atoms with Gasteiger partial charge in [0.15, 0.2) is 17.7 Å². The number of rotatable bonds is 8. The van der Waals surface area contributed by atoms with Crippen LogP contribution in [0, 0.1) is 6.92 Å². The highest BCUT2D eigenvalue weighted by atomic mass is 31.2. The van der Waals surface area contributed by atoms with Crippen molar-refractivity contribution in [2.45, 2.75) is 31.6 Å². The molecule has 2 saturated heterocycles. The number of ether oxygens (including phenoxy) is 2. The minimum Gasteiger partial charge on any atom is -0.394 e. The molecule has 3 aromatic rings. The number of aliphatic hydroxyl groups excluding tert-OH is 1. The fraction of sp³-hybridized carbons (Fsp3) is 0.591. The van der Waals surface area contributed by atoms with Crippen molar-refractivity contribution < 1.29 is 23.7 Å². The van der Waals surface area contributed by atoms with Crippen molar-refractivity contribution in [1.29, 1.82) is 0 Å². The second-order valence-electron chi connectivity index (χ2n) is 9.83. The number of aromatic amines is 1. The topological polar surface area (TPSA) is 208 Å². The fourth-order valence-corrected chi connectivity index (χ4v) is 6.71. The average molecular weight is 581 g/mol. The molecule has 0 aliphatic carbocycles. The number of nitrogens with one attached hydrogen (secondary N) is 2. The molecule has 0 saturated carbocycles. The minimum atomic E-state index is -3.68. The van der Waals surface area contributed by atoms with Gasteiger partial charge in [-0.25, -0.2) is 29.1 Å². The average Bonchev–Trinajstić information content (AvgIpc) is 3.39. The van der Waals surface area contributed by atoms with Crippen LogP contribution in [0.5, 0.6) is 0 Å². The van der Waals surface area contributed by atoms with Gasteiger partial charge in [-0.2, -0.15) is 0 Å². The summed E-state index contributed by atoms with van der Waals surface area (Å²) in [4.78, 5) is 39.2. The zero-order valence-corrected chi connectivity index (χ0v) is 23.2. The highest BCUT2D eigenvalue weighted by Gasteiger charge is 2.43. The summed E-state index contributed by atoms with van der Waals surface area (Å²) in [5.74, 6) is 0.267. The molecular formula is C22H33N10O7P. The van der Waals surface area contributed by atoms with Crippen LogP contribution in [0.4, 0.5) is 5.82 Å². The van der Waals surface area contributed by atoms with Crippen LogP contribution in [0.25, 0.3) is 11.2 Å². The molecule has 2 aliphatic heterocycles. The van der Waals surface area contributed by atoms with E-state index in [1.807, 2.05) is 0 Å². The summed E-state index contributed by atoms with van der Waals surface area (Å²) < 4.78 is 38.5. The summed E-state index contributed by atoms with van der Waals surface area (Å²) in [6.07, 6.45) is 1.70. The molecule has 0 aromatic carbocycles. The Hall–Kier alpha value is -3.02. The number of aryl methyl sites for hydroxylation is 1. The molecule has 2 fully saturated rings. The van der Waals surface area contributed by atoms with Crippen LogP contribution >= 0.6 is 7.67 Å². The van der Waals surface area contributed by atoms with E-state index in [1.165, 1.54) is 21.8 Å². The standard InChI is InChI=1S/C22H33N10O7P/c1-13-6-31(22(35)28-21(13)34)17-8-30(7-15(9-33)39-17)40(36,29(2)3)37-10-14-4-24-5-16(38-14)32-12-27-18-19(23)25-11-26-20(18)32/h6,11-12,14-17,24,33H,4-5,7-10H2,1-3H3,(H2,23,25,26)(H,28,34,35)/t14-,15-,16?,17?,40-/m0/s1. The number of morpholine rings is 2. The maximum Gasteiger partial charge on any atom is 0.345 e. The molecule has 5 rings (SSSR count). The molecule has 2 unspecified atom stereocenters. The largest absolute Gasteiger partial charge is 0.394 e. The van der Waals surface area contributed by atoms with Gasteiger partial charge in [0.25, 0.3) is 5.56 Å². The van der Waals surface area contributed by atoms with Crippen molar-refractivity contribution in [2.75, 3.05) is 59.2 Å². The maximum absolute atomic E-state index is 14.3. The van der Waals surface area contributed by atoms with Crippen molar-refractivity contribution >= 4 is 24.7 Å². The zero-order chi connectivity index (χ0) is 28.6. The number of hydrogen-bond acceptors (Lipinski definition) is 12. The summed E-state index contributed by atoms with van der Waals surface area (Å²) in [5.41, 5.74) is 6.04. The summed E-state index contributed by atoms with van der Waals surface area (Å²) in [6.45, 7) is 2.19. The monoisotopic (exact) mass is 580 g/mol. The molecule has 0 radical (unpaired) electrons. The van der Waals surface area contributed by atoms with Crippen LogP contribution in [0.15, 0.2) is 28.4 Å². The first-order chi connectivity index (χ1) is 19.1. The number of nitrogens with zero attached hydrogens (tertiary/aromatic N) is 7. The van der Waals surface area contributed by atoms with Crippen LogP contribution in [0.1, 0.15) is 18.0 Å². The lowest BCUT2D eigenvalue weighted by Gasteiger charge is -2.43. The van der Waals surface area contributed by atoms with Gasteiger partial charge in [0.2, 0.25) is 0 Å². The van der Waals surface area contributed by atoms with E-state index in [4.69, 9.17) is 19.7 Å². The molecule has 17 nitrogen and oxygen atoms in total. The number of nitrogens with two attached hydrogens (primary N) is 1. The van der Waals surface area contributed by atoms with E-state index < -0.39 is 43.6 Å². The molecule has 40 heavy (non-hydrogen) atoms. The Morgan fingerprint density at radius 1 is 1.15 bits per heavy atom. The predicted molar refractivity (Wildman–Crippen MR) is 142 cm³/mol. The smallest absolute Gasteiger partial charge is 0.345 e. The zero-order valence-electron chi connectivity index (χ0n) is 22.3. The Morgan fingerprint density at radius 2 is 1.93 bits per heavy atom. The third kappa shape index (κ3) is 5.46. The highest BCUT2D eigenvalue weighted by molar-refractivity contribution is 7.53. The van der Waals surface area contributed by atoms with Crippen molar-refractivity contribution in [1.82, 2.24) is 43.7 Å². The third-order valence-corrected chi connectivity index (χ3v) is 9.36. The molecule has 3 aromatic heterocycles. The number of fused-ring (bicyclic) bond motifs is 1. The summed E-state index contributed by atoms with van der Waals surface area (Å²) >= 11 is 0. The molecule has 0 bridgehead atoms. The quantitative estimate of drug-likeness (QED) is 0.227. The first kappa shape index (κ1) is 28.5. The number of imidazole rings is 1. The van der Waals surface area contributed by atoms with Crippen LogP contribution in [0.2, 0.25) is 0 Å². The second kappa shape index (κ2) is 11.5. The number of nitrogen functional groups attached to an aromatic ring is 1. The molecule has 2 aliphatic rings. The summed E-state index contributed by atoms with van der Waals surface area (Å²) in [7, 11) is -0.429. The molecule has 5 atom stereocenters. The predicted octanol–water partition coefficient (Wildman–Crippen LogP) is -1.37. The van der Waals surface area contributed by atoms with Crippen molar-refractivity contribution in [3.63, 3.8) is 0 Å². The van der Waals surface area contributed by atoms with Gasteiger partial charge in [-0.1, -0.05) is 0 Å². The summed E-state index contributed by atoms with van der Waals surface area (Å²) in [6, 6.07) is 0. The number of aromatic nitrogens is 6. The van der Waals surface area contributed by atoms with Crippen LogP contribution in [0.3, 0.4) is 0 Å². The molecule has 5 N–H and O–H groups in total. The number of aliphatic hydroxyl groups is 1. The fourth-order valence-electron chi connectivity index (χ4n) is 4.72.